The number of hydrogen-bond acceptors (Lipinski definition) is 6. The van der Waals surface area contributed by atoms with E-state index in [0.717, 1.165) is 0 Å². The van der Waals surface area contributed by atoms with Crippen LogP contribution in [-0.2, 0) is 0 Å². The summed E-state index contributed by atoms with van der Waals surface area (Å²) in [4.78, 5) is 28.3. The Bertz CT molecular complexity index is 711. The van der Waals surface area contributed by atoms with E-state index >= 15 is 0 Å². The molecule has 2 rings (SSSR count). The van der Waals surface area contributed by atoms with Gasteiger partial charge in [0.15, 0.2) is 5.75 Å². The average molecular weight is 276 g/mol. The second kappa shape index (κ2) is 5.39. The molecule has 0 spiro atoms. The van der Waals surface area contributed by atoms with Gasteiger partial charge < -0.3 is 10.1 Å². The number of benzene rings is 1. The molecule has 1 heterocycles. The fraction of sp³-hybridized carbons (Fsp3) is 0.167. The van der Waals surface area contributed by atoms with E-state index < -0.39 is 4.92 Å². The molecule has 0 aliphatic rings. The number of rotatable bonds is 4. The Morgan fingerprint density at radius 3 is 2.80 bits per heavy atom. The number of H-pyrrole nitrogens is 1. The Balaban J connectivity index is 2.34. The van der Waals surface area contributed by atoms with Gasteiger partial charge in [-0.2, -0.15) is 0 Å². The monoisotopic (exact) mass is 276 g/mol. The molecule has 1 aromatic heterocycles. The van der Waals surface area contributed by atoms with E-state index in [0.29, 0.717) is 11.3 Å². The van der Waals surface area contributed by atoms with Crippen molar-refractivity contribution in [3.05, 3.63) is 50.4 Å². The number of methoxy groups -OCH3 is 1. The molecule has 2 N–H and O–H groups in total. The molecule has 0 saturated heterocycles. The first-order chi connectivity index (χ1) is 9.51. The van der Waals surface area contributed by atoms with Gasteiger partial charge in [0.05, 0.1) is 12.0 Å². The van der Waals surface area contributed by atoms with Crippen molar-refractivity contribution < 1.29 is 9.66 Å². The summed E-state index contributed by atoms with van der Waals surface area (Å²) in [6.45, 7) is 1.63. The first-order valence-corrected chi connectivity index (χ1v) is 5.66. The summed E-state index contributed by atoms with van der Waals surface area (Å²) < 4.78 is 4.90. The van der Waals surface area contributed by atoms with E-state index in [1.807, 2.05) is 0 Å². The van der Waals surface area contributed by atoms with Crippen molar-refractivity contribution in [3.63, 3.8) is 0 Å². The summed E-state index contributed by atoms with van der Waals surface area (Å²) in [5.41, 5.74) is 0.457. The van der Waals surface area contributed by atoms with Crippen LogP contribution < -0.4 is 15.6 Å². The number of aromatic amines is 1. The fourth-order valence-electron chi connectivity index (χ4n) is 1.57. The van der Waals surface area contributed by atoms with Crippen molar-refractivity contribution in [1.82, 2.24) is 9.97 Å². The summed E-state index contributed by atoms with van der Waals surface area (Å²) in [6, 6.07) is 4.36. The molecule has 0 amide bonds. The highest BCUT2D eigenvalue weighted by Gasteiger charge is 2.15. The molecule has 20 heavy (non-hydrogen) atoms. The topological polar surface area (TPSA) is 110 Å². The van der Waals surface area contributed by atoms with Gasteiger partial charge in [-0.25, -0.2) is 4.98 Å². The molecular formula is C12H12N4O4. The molecule has 1 aromatic carbocycles. The Hall–Kier alpha value is -2.90. The number of aryl methyl sites for hydroxylation is 1. The Kier molecular flexibility index (Phi) is 3.65. The first-order valence-electron chi connectivity index (χ1n) is 5.66. The Morgan fingerprint density at radius 1 is 1.45 bits per heavy atom. The zero-order valence-corrected chi connectivity index (χ0v) is 10.8. The molecule has 0 unspecified atom stereocenters. The van der Waals surface area contributed by atoms with Gasteiger partial charge in [0.25, 0.3) is 5.56 Å². The smallest absolute Gasteiger partial charge is 0.312 e. The SMILES string of the molecule is COc1ccc(Nc2ncc(C)c(=O)[nH]2)cc1[N+](=O)[O-]. The van der Waals surface area contributed by atoms with Crippen molar-refractivity contribution in [2.24, 2.45) is 0 Å². The molecule has 8 nitrogen and oxygen atoms in total. The lowest BCUT2D eigenvalue weighted by Crippen LogP contribution is -2.12. The summed E-state index contributed by atoms with van der Waals surface area (Å²) in [5.74, 6) is 0.367. The largest absolute Gasteiger partial charge is 0.490 e. The maximum Gasteiger partial charge on any atom is 0.312 e. The van der Waals surface area contributed by atoms with Gasteiger partial charge in [-0.15, -0.1) is 0 Å². The first kappa shape index (κ1) is 13.5. The Labute approximate surface area is 113 Å². The van der Waals surface area contributed by atoms with E-state index in [4.69, 9.17) is 4.74 Å². The molecule has 0 fully saturated rings. The van der Waals surface area contributed by atoms with Crippen LogP contribution in [0.5, 0.6) is 5.75 Å². The van der Waals surface area contributed by atoms with E-state index in [2.05, 4.69) is 15.3 Å². The summed E-state index contributed by atoms with van der Waals surface area (Å²) in [7, 11) is 1.36. The van der Waals surface area contributed by atoms with Gasteiger partial charge in [0.1, 0.15) is 0 Å². The molecule has 0 atom stereocenters. The third-order valence-electron chi connectivity index (χ3n) is 2.62. The van der Waals surface area contributed by atoms with Crippen LogP contribution in [0.4, 0.5) is 17.3 Å². The summed E-state index contributed by atoms with van der Waals surface area (Å²) in [5, 5.41) is 13.7. The molecular weight excluding hydrogens is 264 g/mol. The van der Waals surface area contributed by atoms with Gasteiger partial charge >= 0.3 is 5.69 Å². The minimum atomic E-state index is -0.546. The van der Waals surface area contributed by atoms with Crippen molar-refractivity contribution in [2.75, 3.05) is 12.4 Å². The zero-order valence-electron chi connectivity index (χ0n) is 10.8. The van der Waals surface area contributed by atoms with Gasteiger partial charge in [0, 0.05) is 23.5 Å². The van der Waals surface area contributed by atoms with E-state index in [1.54, 1.807) is 13.0 Å². The Morgan fingerprint density at radius 2 is 2.20 bits per heavy atom. The van der Waals surface area contributed by atoms with Crippen LogP contribution in [0.1, 0.15) is 5.56 Å². The van der Waals surface area contributed by atoms with Crippen LogP contribution in [0.25, 0.3) is 0 Å². The number of nitro groups is 1. The fourth-order valence-corrected chi connectivity index (χ4v) is 1.57. The second-order valence-electron chi connectivity index (χ2n) is 4.01. The normalized spacial score (nSPS) is 10.1. The van der Waals surface area contributed by atoms with Crippen LogP contribution in [0, 0.1) is 17.0 Å². The quantitative estimate of drug-likeness (QED) is 0.650. The number of nitrogens with one attached hydrogen (secondary N) is 2. The maximum atomic E-state index is 11.4. The maximum absolute atomic E-state index is 11.4. The molecule has 0 radical (unpaired) electrons. The number of ether oxygens (including phenoxy) is 1. The molecule has 0 saturated carbocycles. The molecule has 104 valence electrons. The number of nitro benzene ring substituents is 1. The van der Waals surface area contributed by atoms with Crippen LogP contribution in [0.15, 0.2) is 29.2 Å². The number of anilines is 2. The van der Waals surface area contributed by atoms with Crippen LogP contribution >= 0.6 is 0 Å². The lowest BCUT2D eigenvalue weighted by Gasteiger charge is -2.07. The molecule has 8 heteroatoms. The van der Waals surface area contributed by atoms with Crippen molar-refractivity contribution >= 4 is 17.3 Å². The molecule has 0 aliphatic carbocycles. The predicted molar refractivity (Wildman–Crippen MR) is 72.5 cm³/mol. The van der Waals surface area contributed by atoms with Gasteiger partial charge in [-0.3, -0.25) is 19.9 Å². The minimum Gasteiger partial charge on any atom is -0.490 e. The lowest BCUT2D eigenvalue weighted by atomic mass is 10.2. The highest BCUT2D eigenvalue weighted by atomic mass is 16.6. The minimum absolute atomic E-state index is 0.158. The molecule has 2 aromatic rings. The zero-order chi connectivity index (χ0) is 14.7. The van der Waals surface area contributed by atoms with Crippen molar-refractivity contribution in [2.45, 2.75) is 6.92 Å². The molecule has 0 aliphatic heterocycles. The van der Waals surface area contributed by atoms with Crippen LogP contribution in [0.2, 0.25) is 0 Å². The predicted octanol–water partition coefficient (Wildman–Crippen LogP) is 1.74. The van der Waals surface area contributed by atoms with E-state index in [9.17, 15) is 14.9 Å². The number of aromatic nitrogens is 2. The second-order valence-corrected chi connectivity index (χ2v) is 4.01. The van der Waals surface area contributed by atoms with E-state index in [1.165, 1.54) is 25.4 Å². The highest BCUT2D eigenvalue weighted by Crippen LogP contribution is 2.30. The third kappa shape index (κ3) is 2.74. The average Bonchev–Trinajstić information content (AvgIpc) is 2.43. The van der Waals surface area contributed by atoms with Gasteiger partial charge in [-0.1, -0.05) is 0 Å². The van der Waals surface area contributed by atoms with Crippen molar-refractivity contribution in [3.8, 4) is 5.75 Å². The standard InChI is InChI=1S/C12H12N4O4/c1-7-6-13-12(15-11(7)17)14-8-3-4-10(20-2)9(5-8)16(18)19/h3-6H,1-2H3,(H2,13,14,15,17). The number of hydrogen-bond donors (Lipinski definition) is 2. The van der Waals surface area contributed by atoms with Crippen LogP contribution in [-0.4, -0.2) is 22.0 Å². The molecule has 0 bridgehead atoms. The van der Waals surface area contributed by atoms with Gasteiger partial charge in [-0.05, 0) is 19.1 Å². The highest BCUT2D eigenvalue weighted by molar-refractivity contribution is 5.62. The number of nitrogens with zero attached hydrogens (tertiary/aromatic N) is 2. The van der Waals surface area contributed by atoms with E-state index in [-0.39, 0.29) is 22.9 Å². The van der Waals surface area contributed by atoms with Crippen LogP contribution in [0.3, 0.4) is 0 Å². The van der Waals surface area contributed by atoms with Crippen molar-refractivity contribution in [1.29, 1.82) is 0 Å². The van der Waals surface area contributed by atoms with Gasteiger partial charge in [0.2, 0.25) is 5.95 Å². The lowest BCUT2D eigenvalue weighted by molar-refractivity contribution is -0.385. The third-order valence-corrected chi connectivity index (χ3v) is 2.62. The summed E-state index contributed by atoms with van der Waals surface area (Å²) in [6.07, 6.45) is 1.42. The summed E-state index contributed by atoms with van der Waals surface area (Å²) >= 11 is 0.